The van der Waals surface area contributed by atoms with Gasteiger partial charge in [0.1, 0.15) is 11.7 Å². The van der Waals surface area contributed by atoms with Gasteiger partial charge >= 0.3 is 5.97 Å². The van der Waals surface area contributed by atoms with Crippen molar-refractivity contribution in [3.63, 3.8) is 0 Å². The summed E-state index contributed by atoms with van der Waals surface area (Å²) in [6.45, 7) is 3.65. The highest BCUT2D eigenvalue weighted by Crippen LogP contribution is 2.04. The number of aliphatic carboxylic acids is 1. The predicted molar refractivity (Wildman–Crippen MR) is 61.7 cm³/mol. The van der Waals surface area contributed by atoms with Gasteiger partial charge in [-0.25, -0.2) is 4.79 Å². The van der Waals surface area contributed by atoms with Crippen LogP contribution in [0.15, 0.2) is 6.07 Å². The fourth-order valence-corrected chi connectivity index (χ4v) is 1.60. The zero-order valence-electron chi connectivity index (χ0n) is 10.2. The van der Waals surface area contributed by atoms with Gasteiger partial charge in [-0.05, 0) is 19.4 Å². The van der Waals surface area contributed by atoms with Crippen LogP contribution in [-0.2, 0) is 11.8 Å². The Balaban J connectivity index is 2.77. The van der Waals surface area contributed by atoms with Crippen LogP contribution in [-0.4, -0.2) is 32.8 Å². The third-order valence-electron chi connectivity index (χ3n) is 2.42. The monoisotopic (exact) mass is 239 g/mol. The molecule has 1 aromatic rings. The highest BCUT2D eigenvalue weighted by atomic mass is 16.4. The van der Waals surface area contributed by atoms with E-state index in [1.54, 1.807) is 20.0 Å². The summed E-state index contributed by atoms with van der Waals surface area (Å²) in [5.74, 6) is -1.42. The van der Waals surface area contributed by atoms with Gasteiger partial charge < -0.3 is 10.4 Å². The molecule has 17 heavy (non-hydrogen) atoms. The smallest absolute Gasteiger partial charge is 0.326 e. The molecule has 1 heterocycles. The lowest BCUT2D eigenvalue weighted by Crippen LogP contribution is -2.41. The summed E-state index contributed by atoms with van der Waals surface area (Å²) in [5.41, 5.74) is 1.09. The molecule has 1 atom stereocenters. The number of hydrogen-bond acceptors (Lipinski definition) is 3. The normalized spacial score (nSPS) is 12.2. The van der Waals surface area contributed by atoms with Crippen LogP contribution >= 0.6 is 0 Å². The van der Waals surface area contributed by atoms with Crippen LogP contribution in [0.25, 0.3) is 0 Å². The fraction of sp³-hybridized carbons (Fsp3) is 0.545. The van der Waals surface area contributed by atoms with Crippen LogP contribution in [0.5, 0.6) is 0 Å². The Morgan fingerprint density at radius 3 is 2.65 bits per heavy atom. The highest BCUT2D eigenvalue weighted by Gasteiger charge is 2.21. The lowest BCUT2D eigenvalue weighted by atomic mass is 10.1. The van der Waals surface area contributed by atoms with Gasteiger partial charge in [0.2, 0.25) is 0 Å². The number of nitrogens with one attached hydrogen (secondary N) is 1. The first kappa shape index (κ1) is 13.2. The fourth-order valence-electron chi connectivity index (χ4n) is 1.60. The standard InChI is InChI=1S/C11H17N3O3/c1-4-5-8(11(16)17)12-10(15)9-6-7(2)13-14(9)3/h6,8H,4-5H2,1-3H3,(H,12,15)(H,16,17)/t8-/m0/s1. The highest BCUT2D eigenvalue weighted by molar-refractivity contribution is 5.95. The molecule has 94 valence electrons. The minimum atomic E-state index is -1.01. The second kappa shape index (κ2) is 5.47. The van der Waals surface area contributed by atoms with Gasteiger partial charge in [0, 0.05) is 7.05 Å². The summed E-state index contributed by atoms with van der Waals surface area (Å²) in [6, 6.07) is 0.780. The molecule has 6 nitrogen and oxygen atoms in total. The van der Waals surface area contributed by atoms with Crippen molar-refractivity contribution in [2.75, 3.05) is 0 Å². The van der Waals surface area contributed by atoms with E-state index in [-0.39, 0.29) is 0 Å². The van der Waals surface area contributed by atoms with Crippen molar-refractivity contribution in [2.24, 2.45) is 7.05 Å². The number of carbonyl (C=O) groups excluding carboxylic acids is 1. The van der Waals surface area contributed by atoms with Crippen LogP contribution in [0.1, 0.15) is 35.9 Å². The third-order valence-corrected chi connectivity index (χ3v) is 2.42. The van der Waals surface area contributed by atoms with Crippen LogP contribution in [0.2, 0.25) is 0 Å². The Hall–Kier alpha value is -1.85. The Bertz CT molecular complexity index is 426. The van der Waals surface area contributed by atoms with E-state index >= 15 is 0 Å². The lowest BCUT2D eigenvalue weighted by Gasteiger charge is -2.13. The largest absolute Gasteiger partial charge is 0.480 e. The summed E-state index contributed by atoms with van der Waals surface area (Å²) in [4.78, 5) is 22.7. The average Bonchev–Trinajstić information content (AvgIpc) is 2.57. The van der Waals surface area contributed by atoms with E-state index in [9.17, 15) is 9.59 Å². The molecule has 1 aromatic heterocycles. The van der Waals surface area contributed by atoms with E-state index < -0.39 is 17.9 Å². The summed E-state index contributed by atoms with van der Waals surface area (Å²) in [5, 5.41) is 15.5. The molecule has 0 aliphatic heterocycles. The maximum atomic E-state index is 11.8. The number of carboxylic acids is 1. The molecule has 0 saturated carbocycles. The molecular formula is C11H17N3O3. The number of carboxylic acid groups (broad SMARTS) is 1. The first-order valence-corrected chi connectivity index (χ1v) is 5.50. The van der Waals surface area contributed by atoms with Gasteiger partial charge in [-0.2, -0.15) is 5.10 Å². The third kappa shape index (κ3) is 3.30. The summed E-state index contributed by atoms with van der Waals surface area (Å²) < 4.78 is 1.44. The minimum Gasteiger partial charge on any atom is -0.480 e. The number of nitrogens with zero attached hydrogens (tertiary/aromatic N) is 2. The quantitative estimate of drug-likeness (QED) is 0.792. The predicted octanol–water partition coefficient (Wildman–Crippen LogP) is 0.712. The average molecular weight is 239 g/mol. The van der Waals surface area contributed by atoms with E-state index in [2.05, 4.69) is 10.4 Å². The van der Waals surface area contributed by atoms with Gasteiger partial charge in [-0.3, -0.25) is 9.48 Å². The second-order valence-electron chi connectivity index (χ2n) is 3.95. The number of amides is 1. The maximum absolute atomic E-state index is 11.8. The molecule has 0 spiro atoms. The van der Waals surface area contributed by atoms with Gasteiger partial charge in [-0.15, -0.1) is 0 Å². The van der Waals surface area contributed by atoms with Crippen molar-refractivity contribution >= 4 is 11.9 Å². The van der Waals surface area contributed by atoms with Crippen LogP contribution in [0, 0.1) is 6.92 Å². The SMILES string of the molecule is CCC[C@H](NC(=O)c1cc(C)nn1C)C(=O)O. The number of hydrogen-bond donors (Lipinski definition) is 2. The molecule has 2 N–H and O–H groups in total. The van der Waals surface area contributed by atoms with Crippen molar-refractivity contribution in [2.45, 2.75) is 32.7 Å². The molecule has 0 saturated heterocycles. The molecule has 0 radical (unpaired) electrons. The summed E-state index contributed by atoms with van der Waals surface area (Å²) in [7, 11) is 1.65. The van der Waals surface area contributed by atoms with Crippen LogP contribution < -0.4 is 5.32 Å². The van der Waals surface area contributed by atoms with Gasteiger partial charge in [0.25, 0.3) is 5.91 Å². The molecule has 0 aromatic carbocycles. The Morgan fingerprint density at radius 2 is 2.24 bits per heavy atom. The molecule has 0 bridgehead atoms. The molecule has 0 aliphatic rings. The minimum absolute atomic E-state index is 0.366. The number of carbonyl (C=O) groups is 2. The molecule has 1 rings (SSSR count). The molecule has 0 unspecified atom stereocenters. The van der Waals surface area contributed by atoms with E-state index in [0.717, 1.165) is 5.69 Å². The first-order valence-electron chi connectivity index (χ1n) is 5.50. The van der Waals surface area contributed by atoms with Crippen molar-refractivity contribution < 1.29 is 14.7 Å². The number of aromatic nitrogens is 2. The molecule has 1 amide bonds. The Labute approximate surface area is 99.6 Å². The second-order valence-corrected chi connectivity index (χ2v) is 3.95. The number of rotatable bonds is 5. The number of aryl methyl sites for hydroxylation is 2. The topological polar surface area (TPSA) is 84.2 Å². The Kier molecular flexibility index (Phi) is 4.25. The Morgan fingerprint density at radius 1 is 1.59 bits per heavy atom. The maximum Gasteiger partial charge on any atom is 0.326 e. The van der Waals surface area contributed by atoms with E-state index in [1.807, 2.05) is 6.92 Å². The van der Waals surface area contributed by atoms with E-state index in [0.29, 0.717) is 18.5 Å². The first-order chi connectivity index (χ1) is 7.95. The van der Waals surface area contributed by atoms with Crippen molar-refractivity contribution in [3.05, 3.63) is 17.5 Å². The van der Waals surface area contributed by atoms with Gasteiger partial charge in [0.05, 0.1) is 5.69 Å². The summed E-state index contributed by atoms with van der Waals surface area (Å²) in [6.07, 6.45) is 1.11. The molecule has 0 aliphatic carbocycles. The van der Waals surface area contributed by atoms with Crippen molar-refractivity contribution in [3.8, 4) is 0 Å². The van der Waals surface area contributed by atoms with Gasteiger partial charge in [-0.1, -0.05) is 13.3 Å². The van der Waals surface area contributed by atoms with Crippen LogP contribution in [0.3, 0.4) is 0 Å². The molecular weight excluding hydrogens is 222 g/mol. The molecule has 6 heteroatoms. The van der Waals surface area contributed by atoms with E-state index in [4.69, 9.17) is 5.11 Å². The summed E-state index contributed by atoms with van der Waals surface area (Å²) >= 11 is 0. The van der Waals surface area contributed by atoms with Crippen molar-refractivity contribution in [1.82, 2.24) is 15.1 Å². The zero-order chi connectivity index (χ0) is 13.0. The van der Waals surface area contributed by atoms with Crippen molar-refractivity contribution in [1.29, 1.82) is 0 Å². The van der Waals surface area contributed by atoms with Gasteiger partial charge in [0.15, 0.2) is 0 Å². The molecule has 0 fully saturated rings. The van der Waals surface area contributed by atoms with Crippen LogP contribution in [0.4, 0.5) is 0 Å². The zero-order valence-corrected chi connectivity index (χ0v) is 10.2. The van der Waals surface area contributed by atoms with E-state index in [1.165, 1.54) is 4.68 Å². The lowest BCUT2D eigenvalue weighted by molar-refractivity contribution is -0.139.